The number of pyridine rings is 1. The Balaban J connectivity index is 1.57. The van der Waals surface area contributed by atoms with E-state index in [9.17, 15) is 13.6 Å². The van der Waals surface area contributed by atoms with Gasteiger partial charge in [0.15, 0.2) is 5.65 Å². The summed E-state index contributed by atoms with van der Waals surface area (Å²) in [5.41, 5.74) is 3.27. The fourth-order valence-electron chi connectivity index (χ4n) is 3.76. The van der Waals surface area contributed by atoms with Crippen LogP contribution in [-0.4, -0.2) is 46.8 Å². The van der Waals surface area contributed by atoms with Gasteiger partial charge < -0.3 is 5.32 Å². The first-order chi connectivity index (χ1) is 15.7. The summed E-state index contributed by atoms with van der Waals surface area (Å²) in [6, 6.07) is 1.36. The number of rotatable bonds is 7. The molecule has 174 valence electrons. The van der Waals surface area contributed by atoms with Crippen molar-refractivity contribution in [3.8, 4) is 11.3 Å². The van der Waals surface area contributed by atoms with Gasteiger partial charge >= 0.3 is 0 Å². The summed E-state index contributed by atoms with van der Waals surface area (Å²) in [4.78, 5) is 17.1. The fraction of sp³-hybridized carbons (Fsp3) is 0.381. The third-order valence-corrected chi connectivity index (χ3v) is 6.52. The fourth-order valence-corrected chi connectivity index (χ4v) is 4.04. The lowest BCUT2D eigenvalue weighted by Gasteiger charge is -2.09. The zero-order valence-corrected chi connectivity index (χ0v) is 20.2. The van der Waals surface area contributed by atoms with E-state index in [2.05, 4.69) is 41.5 Å². The molecule has 33 heavy (non-hydrogen) atoms. The molecule has 0 fully saturated rings. The molecular weight excluding hydrogens is 498 g/mol. The first-order valence-corrected chi connectivity index (χ1v) is 11.1. The van der Waals surface area contributed by atoms with Gasteiger partial charge in [-0.1, -0.05) is 0 Å². The van der Waals surface area contributed by atoms with Gasteiger partial charge in [-0.05, 0) is 42.8 Å². The normalized spacial score (nSPS) is 11.6. The van der Waals surface area contributed by atoms with E-state index in [0.29, 0.717) is 30.0 Å². The number of carbonyl (C=O) groups excluding carboxylic acids is 1. The molecule has 0 saturated heterocycles. The number of nitrogens with zero attached hydrogens (tertiary/aromatic N) is 7. The van der Waals surface area contributed by atoms with Gasteiger partial charge in [0.25, 0.3) is 6.43 Å². The molecule has 4 aromatic heterocycles. The molecule has 1 amide bonds. The molecule has 9 nitrogen and oxygen atoms in total. The zero-order valence-electron chi connectivity index (χ0n) is 18.6. The van der Waals surface area contributed by atoms with Crippen LogP contribution in [0.3, 0.4) is 0 Å². The van der Waals surface area contributed by atoms with Gasteiger partial charge in [0.2, 0.25) is 5.91 Å². The van der Waals surface area contributed by atoms with E-state index >= 15 is 0 Å². The van der Waals surface area contributed by atoms with Crippen molar-refractivity contribution < 1.29 is 13.6 Å². The molecular formula is C21H23BrF2N8O. The highest BCUT2D eigenvalue weighted by atomic mass is 79.9. The Bertz CT molecular complexity index is 1340. The van der Waals surface area contributed by atoms with Gasteiger partial charge in [-0.25, -0.2) is 18.4 Å². The quantitative estimate of drug-likeness (QED) is 0.402. The second-order valence-corrected chi connectivity index (χ2v) is 8.59. The molecule has 0 aliphatic carbocycles. The zero-order chi connectivity index (χ0) is 23.9. The van der Waals surface area contributed by atoms with E-state index in [0.717, 1.165) is 15.9 Å². The average molecular weight is 521 g/mol. The summed E-state index contributed by atoms with van der Waals surface area (Å²) >= 11 is 3.48. The van der Waals surface area contributed by atoms with Crippen molar-refractivity contribution in [1.82, 2.24) is 39.6 Å². The molecule has 0 unspecified atom stereocenters. The third-order valence-electron chi connectivity index (χ3n) is 5.38. The Kier molecular flexibility index (Phi) is 6.28. The van der Waals surface area contributed by atoms with Crippen molar-refractivity contribution in [1.29, 1.82) is 0 Å². The van der Waals surface area contributed by atoms with Crippen LogP contribution in [0.1, 0.15) is 29.1 Å². The highest BCUT2D eigenvalue weighted by Crippen LogP contribution is 2.32. The van der Waals surface area contributed by atoms with Crippen molar-refractivity contribution in [3.63, 3.8) is 0 Å². The van der Waals surface area contributed by atoms with Gasteiger partial charge in [-0.3, -0.25) is 14.2 Å². The number of halogens is 3. The summed E-state index contributed by atoms with van der Waals surface area (Å²) in [7, 11) is 1.74. The van der Waals surface area contributed by atoms with Crippen molar-refractivity contribution in [2.45, 2.75) is 40.3 Å². The second-order valence-electron chi connectivity index (χ2n) is 7.80. The first-order valence-electron chi connectivity index (χ1n) is 10.3. The summed E-state index contributed by atoms with van der Waals surface area (Å²) in [5.74, 6) is -0.299. The summed E-state index contributed by atoms with van der Waals surface area (Å²) in [5, 5.41) is 15.9. The summed E-state index contributed by atoms with van der Waals surface area (Å²) in [6.45, 7) is 6.20. The predicted molar refractivity (Wildman–Crippen MR) is 122 cm³/mol. The molecule has 0 aromatic carbocycles. The monoisotopic (exact) mass is 520 g/mol. The van der Waals surface area contributed by atoms with Crippen molar-refractivity contribution >= 4 is 32.9 Å². The van der Waals surface area contributed by atoms with Crippen LogP contribution < -0.4 is 5.32 Å². The van der Waals surface area contributed by atoms with Crippen LogP contribution in [0.2, 0.25) is 0 Å². The Morgan fingerprint density at radius 2 is 1.91 bits per heavy atom. The van der Waals surface area contributed by atoms with E-state index in [-0.39, 0.29) is 29.0 Å². The molecule has 4 rings (SSSR count). The molecule has 4 heterocycles. The largest absolute Gasteiger partial charge is 0.353 e. The van der Waals surface area contributed by atoms with Gasteiger partial charge in [-0.15, -0.1) is 0 Å². The average Bonchev–Trinajstić information content (AvgIpc) is 3.40. The SMILES string of the molecule is Cc1nn(CCNC(=O)Cn2nc(C)c3c(C(F)F)cc(-c4cnn(C)c4)nc32)c(C)c1Br. The van der Waals surface area contributed by atoms with Crippen molar-refractivity contribution in [2.24, 2.45) is 7.05 Å². The number of hydrogen-bond donors (Lipinski definition) is 1. The van der Waals surface area contributed by atoms with Crippen molar-refractivity contribution in [3.05, 3.63) is 45.6 Å². The van der Waals surface area contributed by atoms with Crippen LogP contribution >= 0.6 is 15.9 Å². The lowest BCUT2D eigenvalue weighted by atomic mass is 10.1. The lowest BCUT2D eigenvalue weighted by molar-refractivity contribution is -0.121. The van der Waals surface area contributed by atoms with Crippen molar-refractivity contribution in [2.75, 3.05) is 6.54 Å². The van der Waals surface area contributed by atoms with E-state index in [1.807, 2.05) is 18.5 Å². The van der Waals surface area contributed by atoms with Gasteiger partial charge in [0.1, 0.15) is 6.54 Å². The summed E-state index contributed by atoms with van der Waals surface area (Å²) < 4.78 is 33.4. The summed E-state index contributed by atoms with van der Waals surface area (Å²) in [6.07, 6.45) is 0.540. The van der Waals surface area contributed by atoms with Crippen LogP contribution in [0, 0.1) is 20.8 Å². The van der Waals surface area contributed by atoms with Gasteiger partial charge in [0.05, 0.1) is 39.7 Å². The second kappa shape index (κ2) is 9.00. The minimum atomic E-state index is -2.71. The molecule has 0 bridgehead atoms. The smallest absolute Gasteiger partial charge is 0.264 e. The Morgan fingerprint density at radius 1 is 1.18 bits per heavy atom. The topological polar surface area (TPSA) is 95.5 Å². The number of fused-ring (bicyclic) bond motifs is 1. The predicted octanol–water partition coefficient (Wildman–Crippen LogP) is 3.47. The number of aromatic nitrogens is 7. The Hall–Kier alpha value is -3.15. The van der Waals surface area contributed by atoms with E-state index in [4.69, 9.17) is 0 Å². The molecule has 12 heteroatoms. The Labute approximate surface area is 196 Å². The lowest BCUT2D eigenvalue weighted by Crippen LogP contribution is -2.31. The van der Waals surface area contributed by atoms with Crippen LogP contribution in [0.5, 0.6) is 0 Å². The molecule has 4 aromatic rings. The molecule has 0 aliphatic rings. The number of alkyl halides is 2. The molecule has 0 atom stereocenters. The molecule has 0 radical (unpaired) electrons. The van der Waals surface area contributed by atoms with Crippen LogP contribution in [0.15, 0.2) is 22.9 Å². The molecule has 0 saturated carbocycles. The number of nitrogens with one attached hydrogen (secondary N) is 1. The first kappa shape index (κ1) is 23.0. The maximum atomic E-state index is 13.9. The van der Waals surface area contributed by atoms with Gasteiger partial charge in [0, 0.05) is 36.6 Å². The Morgan fingerprint density at radius 3 is 2.52 bits per heavy atom. The third kappa shape index (κ3) is 4.52. The highest BCUT2D eigenvalue weighted by Gasteiger charge is 2.22. The van der Waals surface area contributed by atoms with Gasteiger partial charge in [-0.2, -0.15) is 15.3 Å². The van der Waals surface area contributed by atoms with E-state index in [1.54, 1.807) is 31.0 Å². The van der Waals surface area contributed by atoms with E-state index < -0.39 is 6.43 Å². The minimum Gasteiger partial charge on any atom is -0.353 e. The van der Waals surface area contributed by atoms with E-state index in [1.165, 1.54) is 10.7 Å². The molecule has 0 aliphatic heterocycles. The number of aryl methyl sites for hydroxylation is 3. The minimum absolute atomic E-state index is 0.142. The number of amides is 1. The maximum absolute atomic E-state index is 13.9. The maximum Gasteiger partial charge on any atom is 0.264 e. The van der Waals surface area contributed by atoms with Crippen LogP contribution in [0.25, 0.3) is 22.3 Å². The molecule has 1 N–H and O–H groups in total. The molecule has 0 spiro atoms. The standard InChI is InChI=1S/C21H23BrF2N8O/c1-11-18-15(20(23)24)7-16(14-8-26-30(4)9-14)27-21(18)32(28-11)10-17(33)25-5-6-31-13(3)19(22)12(2)29-31/h7-9,20H,5-6,10H2,1-4H3,(H,25,33). The number of carbonyl (C=O) groups is 1. The number of hydrogen-bond acceptors (Lipinski definition) is 5. The van der Waals surface area contributed by atoms with Crippen LogP contribution in [-0.2, 0) is 24.9 Å². The highest BCUT2D eigenvalue weighted by molar-refractivity contribution is 9.10. The van der Waals surface area contributed by atoms with Crippen LogP contribution in [0.4, 0.5) is 8.78 Å².